The number of rotatable bonds is 2. The van der Waals surface area contributed by atoms with Crippen molar-refractivity contribution in [1.29, 1.82) is 0 Å². The molecule has 4 spiro atoms. The molecule has 6 fully saturated rings. The van der Waals surface area contributed by atoms with Gasteiger partial charge in [0.05, 0.1) is 22.2 Å². The second-order valence-electron chi connectivity index (χ2n) is 12.8. The zero-order chi connectivity index (χ0) is 28.3. The number of nitrogens with zero attached hydrogens (tertiary/aromatic N) is 2. The molecule has 0 aliphatic carbocycles. The van der Waals surface area contributed by atoms with Gasteiger partial charge in [-0.25, -0.2) is 4.79 Å². The molecule has 0 aromatic carbocycles. The van der Waals surface area contributed by atoms with E-state index >= 15 is 0 Å². The molecule has 0 atom stereocenters. The molecule has 0 aromatic rings. The Bertz CT molecular complexity index is 714. The summed E-state index contributed by atoms with van der Waals surface area (Å²) in [5.74, 6) is 0. The summed E-state index contributed by atoms with van der Waals surface area (Å²) in [6, 6.07) is -0.227. The Morgan fingerprint density at radius 2 is 0.775 bits per heavy atom. The minimum atomic E-state index is -0.383. The lowest BCUT2D eigenvalue weighted by Crippen LogP contribution is -2.71. The van der Waals surface area contributed by atoms with E-state index in [1.54, 1.807) is 10.1 Å². The van der Waals surface area contributed by atoms with Crippen LogP contribution in [0.25, 0.3) is 0 Å². The molecule has 6 saturated heterocycles. The normalized spacial score (nSPS) is 33.3. The third-order valence-electron chi connectivity index (χ3n) is 10.7. The van der Waals surface area contributed by atoms with E-state index in [4.69, 9.17) is 18.9 Å². The molecule has 6 aliphatic rings. The maximum Gasteiger partial charge on any atom is 0.315 e. The van der Waals surface area contributed by atoms with Gasteiger partial charge in [0.15, 0.2) is 0 Å². The van der Waals surface area contributed by atoms with Crippen LogP contribution in [0.15, 0.2) is 0 Å². The van der Waals surface area contributed by atoms with Crippen molar-refractivity contribution in [2.24, 2.45) is 0 Å². The zero-order valence-electron chi connectivity index (χ0n) is 24.6. The molecule has 0 radical (unpaired) electrons. The van der Waals surface area contributed by atoms with Crippen LogP contribution in [0, 0.1) is 0 Å². The molecule has 0 bridgehead atoms. The summed E-state index contributed by atoms with van der Waals surface area (Å²) in [7, 11) is 0. The number of urea groups is 1. The fraction of sp³-hybridized carbons (Fsp3) is 0.966. The number of hydroxylamine groups is 4. The third-order valence-corrected chi connectivity index (χ3v) is 10.7. The van der Waals surface area contributed by atoms with E-state index in [0.717, 1.165) is 51.4 Å². The maximum absolute atomic E-state index is 13.6. The van der Waals surface area contributed by atoms with Crippen LogP contribution >= 0.6 is 0 Å². The molecule has 0 unspecified atom stereocenters. The summed E-state index contributed by atoms with van der Waals surface area (Å²) in [6.45, 7) is 9.00. The van der Waals surface area contributed by atoms with E-state index in [-0.39, 0.29) is 40.3 Å². The standard InChI is InChI=1S/C27H46N4O7.C2H6/c32-23(28-21-17-24(1-9-35-10-2-24)30(33)25(18-21)3-11-36-12-4-25)29-22-19-26(5-13-37-14-6-26)31(34)27(20-22)7-15-38-16-8-27;1-2/h21-22,33-34H,1-20H2,(H2,28,29,32);1-2H3. The quantitative estimate of drug-likeness (QED) is 0.397. The molecular weight excluding hydrogens is 516 g/mol. The Morgan fingerprint density at radius 1 is 0.550 bits per heavy atom. The highest BCUT2D eigenvalue weighted by Gasteiger charge is 2.57. The van der Waals surface area contributed by atoms with E-state index in [1.165, 1.54) is 0 Å². The predicted molar refractivity (Wildman–Crippen MR) is 147 cm³/mol. The van der Waals surface area contributed by atoms with E-state index in [2.05, 4.69) is 10.6 Å². The Balaban J connectivity index is 0.00000158. The van der Waals surface area contributed by atoms with Crippen LogP contribution in [0.4, 0.5) is 4.79 Å². The van der Waals surface area contributed by atoms with Crippen molar-refractivity contribution < 1.29 is 34.2 Å². The highest BCUT2D eigenvalue weighted by molar-refractivity contribution is 5.74. The van der Waals surface area contributed by atoms with E-state index < -0.39 is 0 Å². The van der Waals surface area contributed by atoms with Crippen LogP contribution in [0.3, 0.4) is 0 Å². The van der Waals surface area contributed by atoms with Crippen LogP contribution < -0.4 is 10.6 Å². The van der Waals surface area contributed by atoms with Gasteiger partial charge >= 0.3 is 6.03 Å². The second-order valence-corrected chi connectivity index (χ2v) is 12.8. The van der Waals surface area contributed by atoms with Gasteiger partial charge in [0.2, 0.25) is 0 Å². The number of hydrogen-bond acceptors (Lipinski definition) is 9. The number of nitrogens with one attached hydrogen (secondary N) is 2. The minimum absolute atomic E-state index is 0.0402. The van der Waals surface area contributed by atoms with Crippen LogP contribution in [0.1, 0.15) is 90.9 Å². The van der Waals surface area contributed by atoms with Crippen molar-refractivity contribution in [3.63, 3.8) is 0 Å². The summed E-state index contributed by atoms with van der Waals surface area (Å²) >= 11 is 0. The Labute approximate surface area is 239 Å². The first kappa shape index (κ1) is 30.4. The van der Waals surface area contributed by atoms with Crippen molar-refractivity contribution in [2.75, 3.05) is 52.9 Å². The van der Waals surface area contributed by atoms with Crippen molar-refractivity contribution in [2.45, 2.75) is 125 Å². The van der Waals surface area contributed by atoms with Gasteiger partial charge in [-0.3, -0.25) is 0 Å². The first-order chi connectivity index (χ1) is 19.4. The summed E-state index contributed by atoms with van der Waals surface area (Å²) in [4.78, 5) is 13.6. The molecule has 4 N–H and O–H groups in total. The zero-order valence-corrected chi connectivity index (χ0v) is 24.6. The van der Waals surface area contributed by atoms with Crippen molar-refractivity contribution in [1.82, 2.24) is 20.8 Å². The summed E-state index contributed by atoms with van der Waals surface area (Å²) in [6.07, 6.45) is 8.92. The molecular formula is C29H52N4O7. The number of amides is 2. The minimum Gasteiger partial charge on any atom is -0.381 e. The van der Waals surface area contributed by atoms with Gasteiger partial charge in [-0.05, 0) is 77.0 Å². The molecule has 6 aliphatic heterocycles. The van der Waals surface area contributed by atoms with Crippen LogP contribution in [0.5, 0.6) is 0 Å². The SMILES string of the molecule is CC.O=C(NC1CC2(CCOCC2)N(O)C2(CCOCC2)C1)NC1CC2(CCOCC2)N(O)C2(CCOCC2)C1. The van der Waals surface area contributed by atoms with E-state index in [0.29, 0.717) is 78.5 Å². The first-order valence-electron chi connectivity index (χ1n) is 15.8. The van der Waals surface area contributed by atoms with Crippen LogP contribution in [-0.4, -0.2) is 114 Å². The Hall–Kier alpha value is -1.05. The van der Waals surface area contributed by atoms with Crippen molar-refractivity contribution in [3.05, 3.63) is 0 Å². The van der Waals surface area contributed by atoms with E-state index in [9.17, 15) is 15.2 Å². The predicted octanol–water partition coefficient (Wildman–Crippen LogP) is 3.22. The summed E-state index contributed by atoms with van der Waals surface area (Å²) in [5.41, 5.74) is -1.53. The molecule has 6 heterocycles. The molecule has 2 amide bonds. The fourth-order valence-electron chi connectivity index (χ4n) is 8.62. The average molecular weight is 569 g/mol. The van der Waals surface area contributed by atoms with Crippen LogP contribution in [0.2, 0.25) is 0 Å². The van der Waals surface area contributed by atoms with E-state index in [1.807, 2.05) is 13.8 Å². The van der Waals surface area contributed by atoms with Gasteiger partial charge in [-0.2, -0.15) is 10.1 Å². The Kier molecular flexibility index (Phi) is 9.63. The van der Waals surface area contributed by atoms with Gasteiger partial charge in [0, 0.05) is 64.9 Å². The second kappa shape index (κ2) is 12.7. The number of piperidine rings is 2. The average Bonchev–Trinajstić information content (AvgIpc) is 2.98. The van der Waals surface area contributed by atoms with Crippen LogP contribution in [-0.2, 0) is 18.9 Å². The lowest BCUT2D eigenvalue weighted by atomic mass is 9.69. The van der Waals surface area contributed by atoms with Crippen molar-refractivity contribution >= 4 is 6.03 Å². The summed E-state index contributed by atoms with van der Waals surface area (Å²) < 4.78 is 22.6. The Morgan fingerprint density at radius 3 is 1.00 bits per heavy atom. The lowest BCUT2D eigenvalue weighted by Gasteiger charge is -2.59. The number of carbonyl (C=O) groups is 1. The number of ether oxygens (including phenoxy) is 4. The van der Waals surface area contributed by atoms with Crippen molar-refractivity contribution in [3.8, 4) is 0 Å². The summed E-state index contributed by atoms with van der Waals surface area (Å²) in [5, 5.41) is 33.0. The number of carbonyl (C=O) groups excluding carboxylic acids is 1. The van der Waals surface area contributed by atoms with Gasteiger partial charge in [0.25, 0.3) is 0 Å². The molecule has 11 heteroatoms. The lowest BCUT2D eigenvalue weighted by molar-refractivity contribution is -0.295. The molecule has 230 valence electrons. The van der Waals surface area contributed by atoms with Gasteiger partial charge in [-0.1, -0.05) is 13.8 Å². The maximum atomic E-state index is 13.6. The molecule has 0 aromatic heterocycles. The molecule has 40 heavy (non-hydrogen) atoms. The number of hydrogen-bond donors (Lipinski definition) is 4. The monoisotopic (exact) mass is 568 g/mol. The smallest absolute Gasteiger partial charge is 0.315 e. The van der Waals surface area contributed by atoms with Gasteiger partial charge < -0.3 is 40.0 Å². The highest BCUT2D eigenvalue weighted by atomic mass is 16.5. The molecule has 0 saturated carbocycles. The largest absolute Gasteiger partial charge is 0.381 e. The molecule has 6 rings (SSSR count). The first-order valence-corrected chi connectivity index (χ1v) is 15.8. The topological polar surface area (TPSA) is 125 Å². The van der Waals surface area contributed by atoms with Gasteiger partial charge in [-0.15, -0.1) is 0 Å². The fourth-order valence-corrected chi connectivity index (χ4v) is 8.62. The molecule has 11 nitrogen and oxygen atoms in total. The third kappa shape index (κ3) is 5.77. The van der Waals surface area contributed by atoms with Gasteiger partial charge in [0.1, 0.15) is 0 Å². The highest BCUT2D eigenvalue weighted by Crippen LogP contribution is 2.48.